The van der Waals surface area contributed by atoms with E-state index >= 15 is 0 Å². The van der Waals surface area contributed by atoms with E-state index in [2.05, 4.69) is 5.32 Å². The molecule has 3 aromatic carbocycles. The van der Waals surface area contributed by atoms with Gasteiger partial charge in [-0.2, -0.15) is 13.2 Å². The summed E-state index contributed by atoms with van der Waals surface area (Å²) in [6.45, 7) is 0. The average molecular weight is 485 g/mol. The maximum atomic E-state index is 13.1. The summed E-state index contributed by atoms with van der Waals surface area (Å²) in [5, 5.41) is 8.00. The number of benzene rings is 3. The molecule has 32 heavy (non-hydrogen) atoms. The van der Waals surface area contributed by atoms with Gasteiger partial charge in [-0.15, -0.1) is 0 Å². The molecule has 0 aliphatic rings. The van der Waals surface area contributed by atoms with Crippen LogP contribution in [0.4, 0.5) is 18.9 Å². The Balaban J connectivity index is 1.84. The van der Waals surface area contributed by atoms with Gasteiger partial charge in [0, 0.05) is 10.7 Å². The zero-order chi connectivity index (χ0) is 23.5. The standard InChI is InChI=1S/C21H16ClF3N2O4S/c22-14-5-3-6-16(11-14)31-18-9-8-15(12-19(18)32(26,29)30)27-20(28)10-13-4-1-2-7-17(13)21(23,24)25/h1-9,11-12H,10H2,(H,27,28)(H2,26,29,30). The van der Waals surface area contributed by atoms with E-state index in [-0.39, 0.29) is 22.7 Å². The molecule has 3 N–H and O–H groups in total. The lowest BCUT2D eigenvalue weighted by Crippen LogP contribution is -2.19. The van der Waals surface area contributed by atoms with Crippen molar-refractivity contribution >= 4 is 33.2 Å². The molecule has 168 valence electrons. The number of nitrogens with two attached hydrogens (primary N) is 1. The minimum absolute atomic E-state index is 0.0157. The van der Waals surface area contributed by atoms with E-state index in [1.165, 1.54) is 36.4 Å². The molecule has 3 aromatic rings. The lowest BCUT2D eigenvalue weighted by molar-refractivity contribution is -0.138. The van der Waals surface area contributed by atoms with Crippen molar-refractivity contribution in [2.24, 2.45) is 5.14 Å². The summed E-state index contributed by atoms with van der Waals surface area (Å²) in [5.41, 5.74) is -1.13. The third-order valence-corrected chi connectivity index (χ3v) is 5.40. The summed E-state index contributed by atoms with van der Waals surface area (Å²) in [4.78, 5) is 11.9. The second-order valence-electron chi connectivity index (χ2n) is 6.65. The van der Waals surface area contributed by atoms with Crippen LogP contribution in [0.1, 0.15) is 11.1 Å². The van der Waals surface area contributed by atoms with E-state index in [4.69, 9.17) is 21.5 Å². The Labute approximate surface area is 186 Å². The smallest absolute Gasteiger partial charge is 0.416 e. The molecule has 0 fully saturated rings. The van der Waals surface area contributed by atoms with Gasteiger partial charge in [0.25, 0.3) is 0 Å². The molecular formula is C21H16ClF3N2O4S. The molecule has 6 nitrogen and oxygen atoms in total. The van der Waals surface area contributed by atoms with Gasteiger partial charge in [-0.25, -0.2) is 13.6 Å². The van der Waals surface area contributed by atoms with Crippen LogP contribution >= 0.6 is 11.6 Å². The number of primary sulfonamides is 1. The number of hydrogen-bond donors (Lipinski definition) is 2. The average Bonchev–Trinajstić information content (AvgIpc) is 2.68. The Morgan fingerprint density at radius 3 is 2.41 bits per heavy atom. The first-order valence-electron chi connectivity index (χ1n) is 8.99. The van der Waals surface area contributed by atoms with E-state index in [1.54, 1.807) is 18.2 Å². The summed E-state index contributed by atoms with van der Waals surface area (Å²) in [6, 6.07) is 14.6. The Morgan fingerprint density at radius 1 is 1.03 bits per heavy atom. The highest BCUT2D eigenvalue weighted by Crippen LogP contribution is 2.33. The molecule has 0 saturated carbocycles. The van der Waals surface area contributed by atoms with E-state index in [9.17, 15) is 26.4 Å². The third kappa shape index (κ3) is 6.00. The Bertz CT molecular complexity index is 1260. The van der Waals surface area contributed by atoms with Crippen LogP contribution in [0.2, 0.25) is 5.02 Å². The van der Waals surface area contributed by atoms with Gasteiger partial charge in [-0.3, -0.25) is 4.79 Å². The van der Waals surface area contributed by atoms with Gasteiger partial charge in [0.1, 0.15) is 16.4 Å². The van der Waals surface area contributed by atoms with Crippen molar-refractivity contribution in [3.63, 3.8) is 0 Å². The number of hydrogen-bond acceptors (Lipinski definition) is 4. The van der Waals surface area contributed by atoms with Crippen LogP contribution in [0, 0.1) is 0 Å². The van der Waals surface area contributed by atoms with Crippen molar-refractivity contribution in [2.75, 3.05) is 5.32 Å². The van der Waals surface area contributed by atoms with Gasteiger partial charge >= 0.3 is 6.18 Å². The summed E-state index contributed by atoms with van der Waals surface area (Å²) in [6.07, 6.45) is -5.18. The first-order chi connectivity index (χ1) is 14.9. The lowest BCUT2D eigenvalue weighted by Gasteiger charge is -2.14. The van der Waals surface area contributed by atoms with Gasteiger partial charge in [-0.05, 0) is 48.0 Å². The third-order valence-electron chi connectivity index (χ3n) is 4.23. The number of rotatable bonds is 6. The molecule has 0 aliphatic heterocycles. The molecule has 11 heteroatoms. The van der Waals surface area contributed by atoms with Gasteiger partial charge in [-0.1, -0.05) is 35.9 Å². The van der Waals surface area contributed by atoms with Crippen molar-refractivity contribution < 1.29 is 31.1 Å². The van der Waals surface area contributed by atoms with Crippen LogP contribution < -0.4 is 15.2 Å². The number of halogens is 4. The van der Waals surface area contributed by atoms with Crippen LogP contribution in [0.15, 0.2) is 71.6 Å². The van der Waals surface area contributed by atoms with E-state index in [0.717, 1.165) is 12.1 Å². The van der Waals surface area contributed by atoms with Crippen LogP contribution in [0.25, 0.3) is 0 Å². The number of sulfonamides is 1. The molecule has 0 aliphatic carbocycles. The van der Waals surface area contributed by atoms with E-state index in [1.807, 2.05) is 0 Å². The molecule has 0 atom stereocenters. The zero-order valence-electron chi connectivity index (χ0n) is 16.2. The zero-order valence-corrected chi connectivity index (χ0v) is 17.8. The molecule has 0 heterocycles. The number of alkyl halides is 3. The molecular weight excluding hydrogens is 469 g/mol. The molecule has 3 rings (SSSR count). The number of amides is 1. The normalized spacial score (nSPS) is 11.8. The van der Waals surface area contributed by atoms with E-state index in [0.29, 0.717) is 5.02 Å². The summed E-state index contributed by atoms with van der Waals surface area (Å²) in [7, 11) is -4.26. The largest absolute Gasteiger partial charge is 0.456 e. The molecule has 1 amide bonds. The van der Waals surface area contributed by atoms with Crippen LogP contribution in [-0.2, 0) is 27.4 Å². The number of carbonyl (C=O) groups excluding carboxylic acids is 1. The van der Waals surface area contributed by atoms with Gasteiger partial charge in [0.2, 0.25) is 15.9 Å². The first kappa shape index (κ1) is 23.6. The van der Waals surface area contributed by atoms with Crippen molar-refractivity contribution in [3.05, 3.63) is 82.9 Å². The molecule has 0 saturated heterocycles. The van der Waals surface area contributed by atoms with Crippen LogP contribution in [0.5, 0.6) is 11.5 Å². The molecule has 0 spiro atoms. The van der Waals surface area contributed by atoms with Gasteiger partial charge in [0.05, 0.1) is 12.0 Å². The molecule has 0 bridgehead atoms. The topological polar surface area (TPSA) is 98.5 Å². The lowest BCUT2D eigenvalue weighted by atomic mass is 10.0. The summed E-state index contributed by atoms with van der Waals surface area (Å²) < 4.78 is 69.0. The number of anilines is 1. The number of carbonyl (C=O) groups is 1. The minimum atomic E-state index is -4.61. The molecule has 0 radical (unpaired) electrons. The van der Waals surface area contributed by atoms with Gasteiger partial charge in [0.15, 0.2) is 0 Å². The fourth-order valence-corrected chi connectivity index (χ4v) is 3.74. The quantitative estimate of drug-likeness (QED) is 0.515. The van der Waals surface area contributed by atoms with Crippen molar-refractivity contribution in [2.45, 2.75) is 17.5 Å². The summed E-state index contributed by atoms with van der Waals surface area (Å²) >= 11 is 5.89. The highest BCUT2D eigenvalue weighted by Gasteiger charge is 2.33. The van der Waals surface area contributed by atoms with Crippen molar-refractivity contribution in [1.29, 1.82) is 0 Å². The summed E-state index contributed by atoms with van der Waals surface area (Å²) in [5.74, 6) is -0.635. The van der Waals surface area contributed by atoms with Gasteiger partial charge < -0.3 is 10.1 Å². The van der Waals surface area contributed by atoms with E-state index < -0.39 is 39.0 Å². The number of ether oxygens (including phenoxy) is 1. The Kier molecular flexibility index (Phi) is 6.77. The van der Waals surface area contributed by atoms with Crippen LogP contribution in [-0.4, -0.2) is 14.3 Å². The maximum absolute atomic E-state index is 13.1. The fourth-order valence-electron chi connectivity index (χ4n) is 2.88. The number of nitrogens with one attached hydrogen (secondary N) is 1. The molecule has 0 unspecified atom stereocenters. The predicted molar refractivity (Wildman–Crippen MR) is 113 cm³/mol. The second-order valence-corrected chi connectivity index (χ2v) is 8.61. The Morgan fingerprint density at radius 2 is 1.75 bits per heavy atom. The monoisotopic (exact) mass is 484 g/mol. The first-order valence-corrected chi connectivity index (χ1v) is 10.9. The molecule has 0 aromatic heterocycles. The predicted octanol–water partition coefficient (Wildman–Crippen LogP) is 4.98. The fraction of sp³-hybridized carbons (Fsp3) is 0.0952. The SMILES string of the molecule is NS(=O)(=O)c1cc(NC(=O)Cc2ccccc2C(F)(F)F)ccc1Oc1cccc(Cl)c1. The van der Waals surface area contributed by atoms with Crippen molar-refractivity contribution in [1.82, 2.24) is 0 Å². The Hall–Kier alpha value is -3.08. The van der Waals surface area contributed by atoms with Crippen molar-refractivity contribution in [3.8, 4) is 11.5 Å². The van der Waals surface area contributed by atoms with Crippen LogP contribution in [0.3, 0.4) is 0 Å². The highest BCUT2D eigenvalue weighted by molar-refractivity contribution is 7.89. The highest BCUT2D eigenvalue weighted by atomic mass is 35.5. The minimum Gasteiger partial charge on any atom is -0.456 e. The maximum Gasteiger partial charge on any atom is 0.416 e. The second kappa shape index (κ2) is 9.19.